The first-order valence-electron chi connectivity index (χ1n) is 8.92. The highest BCUT2D eigenvalue weighted by atomic mass is 32.2. The molecule has 0 saturated heterocycles. The molecule has 0 spiro atoms. The molecular formula is C20H24N2O5S. The minimum Gasteiger partial charge on any atom is -0.452 e. The van der Waals surface area contributed by atoms with Crippen molar-refractivity contribution in [2.75, 3.05) is 6.61 Å². The van der Waals surface area contributed by atoms with Gasteiger partial charge < -0.3 is 10.1 Å². The molecule has 2 N–H and O–H groups in total. The van der Waals surface area contributed by atoms with E-state index in [2.05, 4.69) is 10.0 Å². The van der Waals surface area contributed by atoms with Crippen LogP contribution in [0.5, 0.6) is 0 Å². The third-order valence-electron chi connectivity index (χ3n) is 4.04. The van der Waals surface area contributed by atoms with E-state index in [1.54, 1.807) is 6.92 Å². The van der Waals surface area contributed by atoms with E-state index < -0.39 is 28.5 Å². The lowest BCUT2D eigenvalue weighted by Crippen LogP contribution is -2.32. The van der Waals surface area contributed by atoms with Crippen LogP contribution < -0.4 is 10.0 Å². The lowest BCUT2D eigenvalue weighted by Gasteiger charge is -2.12. The molecule has 1 amide bonds. The fourth-order valence-corrected chi connectivity index (χ4v) is 3.58. The molecule has 7 nitrogen and oxygen atoms in total. The highest BCUT2D eigenvalue weighted by molar-refractivity contribution is 7.89. The normalized spacial score (nSPS) is 12.2. The van der Waals surface area contributed by atoms with Gasteiger partial charge in [0.25, 0.3) is 5.91 Å². The van der Waals surface area contributed by atoms with E-state index in [1.165, 1.54) is 24.3 Å². The van der Waals surface area contributed by atoms with Crippen LogP contribution in [0.15, 0.2) is 59.5 Å². The van der Waals surface area contributed by atoms with E-state index in [9.17, 15) is 18.0 Å². The van der Waals surface area contributed by atoms with Gasteiger partial charge in [0.1, 0.15) is 0 Å². The van der Waals surface area contributed by atoms with E-state index in [0.717, 1.165) is 5.56 Å². The molecular weight excluding hydrogens is 380 g/mol. The lowest BCUT2D eigenvalue weighted by molar-refractivity contribution is -0.124. The molecule has 0 radical (unpaired) electrons. The number of benzene rings is 2. The van der Waals surface area contributed by atoms with Crippen molar-refractivity contribution in [3.05, 3.63) is 65.7 Å². The maximum absolute atomic E-state index is 12.2. The van der Waals surface area contributed by atoms with Crippen molar-refractivity contribution in [1.82, 2.24) is 10.0 Å². The van der Waals surface area contributed by atoms with Gasteiger partial charge in [-0.1, -0.05) is 37.3 Å². The molecule has 0 heterocycles. The summed E-state index contributed by atoms with van der Waals surface area (Å²) in [6, 6.07) is 14.5. The molecule has 2 rings (SSSR count). The molecule has 0 aliphatic heterocycles. The monoisotopic (exact) mass is 404 g/mol. The smallest absolute Gasteiger partial charge is 0.338 e. The maximum Gasteiger partial charge on any atom is 0.338 e. The first-order chi connectivity index (χ1) is 13.3. The van der Waals surface area contributed by atoms with Crippen LogP contribution in [0.2, 0.25) is 0 Å². The topological polar surface area (TPSA) is 102 Å². The average Bonchev–Trinajstić information content (AvgIpc) is 2.71. The predicted molar refractivity (Wildman–Crippen MR) is 105 cm³/mol. The van der Waals surface area contributed by atoms with Gasteiger partial charge >= 0.3 is 5.97 Å². The maximum atomic E-state index is 12.2. The Morgan fingerprint density at radius 3 is 2.29 bits per heavy atom. The van der Waals surface area contributed by atoms with Gasteiger partial charge in [0.2, 0.25) is 10.0 Å². The fourth-order valence-electron chi connectivity index (χ4n) is 2.25. The molecule has 0 aromatic heterocycles. The van der Waals surface area contributed by atoms with Crippen LogP contribution in [0.4, 0.5) is 0 Å². The standard InChI is InChI=1S/C20H24N2O5S/c1-3-15(2)22-28(25,26)18-11-9-17(10-12-18)20(24)27-14-19(23)21-13-16-7-5-4-6-8-16/h4-12,15,22H,3,13-14H2,1-2H3,(H,21,23)/t15-/m1/s1. The summed E-state index contributed by atoms with van der Waals surface area (Å²) in [4.78, 5) is 23.9. The minimum absolute atomic E-state index is 0.0601. The van der Waals surface area contributed by atoms with E-state index in [4.69, 9.17) is 4.74 Å². The Morgan fingerprint density at radius 2 is 1.68 bits per heavy atom. The summed E-state index contributed by atoms with van der Waals surface area (Å²) in [6.07, 6.45) is 0.663. The summed E-state index contributed by atoms with van der Waals surface area (Å²) in [6.45, 7) is 3.57. The first-order valence-corrected chi connectivity index (χ1v) is 10.4. The SMILES string of the molecule is CC[C@@H](C)NS(=O)(=O)c1ccc(C(=O)OCC(=O)NCc2ccccc2)cc1. The van der Waals surface area contributed by atoms with Crippen molar-refractivity contribution >= 4 is 21.9 Å². The molecule has 8 heteroatoms. The zero-order valence-corrected chi connectivity index (χ0v) is 16.7. The first kappa shape index (κ1) is 21.6. The summed E-state index contributed by atoms with van der Waals surface area (Å²) in [7, 11) is -3.64. The lowest BCUT2D eigenvalue weighted by atomic mass is 10.2. The van der Waals surface area contributed by atoms with E-state index >= 15 is 0 Å². The van der Waals surface area contributed by atoms with Crippen LogP contribution in [-0.4, -0.2) is 32.9 Å². The van der Waals surface area contributed by atoms with Crippen molar-refractivity contribution in [2.45, 2.75) is 37.8 Å². The van der Waals surface area contributed by atoms with Gasteiger partial charge in [0.05, 0.1) is 10.5 Å². The molecule has 0 aliphatic rings. The van der Waals surface area contributed by atoms with Gasteiger partial charge in [-0.3, -0.25) is 4.79 Å². The van der Waals surface area contributed by atoms with Crippen LogP contribution in [0.25, 0.3) is 0 Å². The second-order valence-electron chi connectivity index (χ2n) is 6.29. The number of nitrogens with one attached hydrogen (secondary N) is 2. The zero-order valence-electron chi connectivity index (χ0n) is 15.8. The number of esters is 1. The van der Waals surface area contributed by atoms with Crippen LogP contribution in [0, 0.1) is 0 Å². The summed E-state index contributed by atoms with van der Waals surface area (Å²) < 4.78 is 31.9. The van der Waals surface area contributed by atoms with E-state index in [0.29, 0.717) is 13.0 Å². The Bertz CT molecular complexity index is 896. The number of carbonyl (C=O) groups excluding carboxylic acids is 2. The number of carbonyl (C=O) groups is 2. The second kappa shape index (κ2) is 10.0. The molecule has 0 bridgehead atoms. The molecule has 28 heavy (non-hydrogen) atoms. The third kappa shape index (κ3) is 6.47. The van der Waals surface area contributed by atoms with Gasteiger partial charge in [0.15, 0.2) is 6.61 Å². The molecule has 0 unspecified atom stereocenters. The number of ether oxygens (including phenoxy) is 1. The van der Waals surface area contributed by atoms with Crippen LogP contribution in [-0.2, 0) is 26.1 Å². The van der Waals surface area contributed by atoms with Gasteiger partial charge in [-0.05, 0) is 43.2 Å². The highest BCUT2D eigenvalue weighted by Crippen LogP contribution is 2.12. The van der Waals surface area contributed by atoms with E-state index in [1.807, 2.05) is 37.3 Å². The zero-order chi connectivity index (χ0) is 20.6. The molecule has 0 saturated carbocycles. The number of hydrogen-bond acceptors (Lipinski definition) is 5. The minimum atomic E-state index is -3.64. The van der Waals surface area contributed by atoms with Crippen molar-refractivity contribution in [2.24, 2.45) is 0 Å². The Hall–Kier alpha value is -2.71. The molecule has 2 aromatic carbocycles. The van der Waals surface area contributed by atoms with Crippen LogP contribution in [0.3, 0.4) is 0 Å². The summed E-state index contributed by atoms with van der Waals surface area (Å²) in [5.41, 5.74) is 1.10. The van der Waals surface area contributed by atoms with Gasteiger partial charge in [0, 0.05) is 12.6 Å². The largest absolute Gasteiger partial charge is 0.452 e. The molecule has 2 aromatic rings. The Balaban J connectivity index is 1.86. The average molecular weight is 404 g/mol. The van der Waals surface area contributed by atoms with Crippen molar-refractivity contribution in [3.8, 4) is 0 Å². The fraction of sp³-hybridized carbons (Fsp3) is 0.300. The predicted octanol–water partition coefficient (Wildman–Crippen LogP) is 2.24. The number of rotatable bonds is 9. The number of amides is 1. The Kier molecular flexibility index (Phi) is 7.71. The van der Waals surface area contributed by atoms with Crippen LogP contribution in [0.1, 0.15) is 36.2 Å². The highest BCUT2D eigenvalue weighted by Gasteiger charge is 2.17. The molecule has 150 valence electrons. The van der Waals surface area contributed by atoms with Crippen molar-refractivity contribution in [1.29, 1.82) is 0 Å². The quantitative estimate of drug-likeness (QED) is 0.624. The summed E-state index contributed by atoms with van der Waals surface area (Å²) in [5, 5.41) is 2.65. The van der Waals surface area contributed by atoms with Gasteiger partial charge in [-0.25, -0.2) is 17.9 Å². The van der Waals surface area contributed by atoms with Gasteiger partial charge in [-0.15, -0.1) is 0 Å². The second-order valence-corrected chi connectivity index (χ2v) is 8.01. The molecule has 1 atom stereocenters. The summed E-state index contributed by atoms with van der Waals surface area (Å²) in [5.74, 6) is -1.12. The van der Waals surface area contributed by atoms with E-state index in [-0.39, 0.29) is 16.5 Å². The molecule has 0 fully saturated rings. The third-order valence-corrected chi connectivity index (χ3v) is 5.64. The van der Waals surface area contributed by atoms with Crippen LogP contribution >= 0.6 is 0 Å². The Labute approximate surface area is 165 Å². The summed E-state index contributed by atoms with van der Waals surface area (Å²) >= 11 is 0. The Morgan fingerprint density at radius 1 is 1.04 bits per heavy atom. The van der Waals surface area contributed by atoms with Crippen molar-refractivity contribution in [3.63, 3.8) is 0 Å². The number of hydrogen-bond donors (Lipinski definition) is 2. The number of sulfonamides is 1. The molecule has 0 aliphatic carbocycles. The van der Waals surface area contributed by atoms with Gasteiger partial charge in [-0.2, -0.15) is 0 Å². The van der Waals surface area contributed by atoms with Crippen molar-refractivity contribution < 1.29 is 22.7 Å².